The van der Waals surface area contributed by atoms with E-state index in [2.05, 4.69) is 11.9 Å². The topological polar surface area (TPSA) is 86.4 Å². The van der Waals surface area contributed by atoms with E-state index in [-0.39, 0.29) is 23.7 Å². The van der Waals surface area contributed by atoms with Gasteiger partial charge in [0, 0.05) is 30.3 Å². The summed E-state index contributed by atoms with van der Waals surface area (Å²) < 4.78 is 11.8. The number of phenols is 1. The van der Waals surface area contributed by atoms with Crippen LogP contribution in [0.2, 0.25) is 0 Å². The Morgan fingerprint density at radius 2 is 2.12 bits per heavy atom. The molecule has 33 heavy (non-hydrogen) atoms. The summed E-state index contributed by atoms with van der Waals surface area (Å²) in [7, 11) is 3.89. The fraction of sp³-hybridized carbons (Fsp3) is 0.500. The second-order valence-electron chi connectivity index (χ2n) is 10.3. The SMILES string of the molecule is CN1CC[C@]23c4c5ccc(O)c4O[C@@]2(C)[C@H](N(C)C(=O)/C=C/c2ccoc2)CC[C@@]3(O)[C@H]1C5. The zero-order chi connectivity index (χ0) is 23.2. The molecule has 1 saturated carbocycles. The number of carbonyl (C=O) groups excluding carboxylic acids is 1. The summed E-state index contributed by atoms with van der Waals surface area (Å²) in [6.45, 7) is 2.85. The number of hydrogen-bond donors (Lipinski definition) is 2. The molecule has 2 aliphatic carbocycles. The number of piperidine rings is 1. The van der Waals surface area contributed by atoms with Crippen LogP contribution in [-0.2, 0) is 16.6 Å². The quantitative estimate of drug-likeness (QED) is 0.700. The number of hydrogen-bond acceptors (Lipinski definition) is 6. The van der Waals surface area contributed by atoms with E-state index in [1.54, 1.807) is 48.8 Å². The third-order valence-electron chi connectivity index (χ3n) is 9.10. The number of ether oxygens (including phenoxy) is 1. The van der Waals surface area contributed by atoms with E-state index in [4.69, 9.17) is 9.15 Å². The van der Waals surface area contributed by atoms with Crippen molar-refractivity contribution in [1.82, 2.24) is 9.80 Å². The van der Waals surface area contributed by atoms with Crippen LogP contribution in [-0.4, -0.2) is 69.8 Å². The van der Waals surface area contributed by atoms with Crippen LogP contribution in [0.25, 0.3) is 6.08 Å². The first-order valence-electron chi connectivity index (χ1n) is 11.7. The van der Waals surface area contributed by atoms with E-state index in [1.807, 2.05) is 13.0 Å². The predicted molar refractivity (Wildman–Crippen MR) is 122 cm³/mol. The molecule has 3 heterocycles. The molecule has 2 N–H and O–H groups in total. The Morgan fingerprint density at radius 3 is 2.88 bits per heavy atom. The number of amides is 1. The minimum Gasteiger partial charge on any atom is -0.504 e. The molecule has 5 atom stereocenters. The maximum absolute atomic E-state index is 13.2. The molecule has 2 bridgehead atoms. The van der Waals surface area contributed by atoms with Crippen LogP contribution in [0.3, 0.4) is 0 Å². The highest BCUT2D eigenvalue weighted by atomic mass is 16.5. The molecular formula is C26H30N2O5. The van der Waals surface area contributed by atoms with Gasteiger partial charge in [-0.15, -0.1) is 0 Å². The maximum atomic E-state index is 13.2. The molecule has 0 radical (unpaired) electrons. The highest BCUT2D eigenvalue weighted by Crippen LogP contribution is 2.69. The van der Waals surface area contributed by atoms with Gasteiger partial charge in [0.05, 0.1) is 29.6 Å². The van der Waals surface area contributed by atoms with Crippen LogP contribution >= 0.6 is 0 Å². The maximum Gasteiger partial charge on any atom is 0.246 e. The summed E-state index contributed by atoms with van der Waals surface area (Å²) in [5, 5.41) is 23.1. The summed E-state index contributed by atoms with van der Waals surface area (Å²) in [6.07, 6.45) is 9.08. The fourth-order valence-corrected chi connectivity index (χ4v) is 7.56. The minimum absolute atomic E-state index is 0.0277. The van der Waals surface area contributed by atoms with Crippen LogP contribution in [0.4, 0.5) is 0 Å². The molecule has 2 aliphatic heterocycles. The van der Waals surface area contributed by atoms with Crippen molar-refractivity contribution in [3.8, 4) is 11.5 Å². The first-order chi connectivity index (χ1) is 15.7. The summed E-state index contributed by atoms with van der Waals surface area (Å²) >= 11 is 0. The number of rotatable bonds is 3. The van der Waals surface area contributed by atoms with Crippen LogP contribution in [0.1, 0.15) is 42.9 Å². The van der Waals surface area contributed by atoms with Gasteiger partial charge in [-0.25, -0.2) is 0 Å². The molecule has 6 rings (SSSR count). The van der Waals surface area contributed by atoms with Crippen molar-refractivity contribution in [3.05, 3.63) is 53.5 Å². The lowest BCUT2D eigenvalue weighted by Crippen LogP contribution is -2.81. The van der Waals surface area contributed by atoms with Crippen LogP contribution in [0.5, 0.6) is 11.5 Å². The van der Waals surface area contributed by atoms with Crippen LogP contribution < -0.4 is 4.74 Å². The largest absolute Gasteiger partial charge is 0.504 e. The van der Waals surface area contributed by atoms with Crippen molar-refractivity contribution in [3.63, 3.8) is 0 Å². The fourth-order valence-electron chi connectivity index (χ4n) is 7.56. The van der Waals surface area contributed by atoms with Gasteiger partial charge >= 0.3 is 0 Å². The summed E-state index contributed by atoms with van der Waals surface area (Å²) in [5.74, 6) is 0.456. The monoisotopic (exact) mass is 450 g/mol. The van der Waals surface area contributed by atoms with Gasteiger partial charge in [0.15, 0.2) is 11.5 Å². The van der Waals surface area contributed by atoms with Crippen LogP contribution in [0.15, 0.2) is 41.2 Å². The van der Waals surface area contributed by atoms with E-state index in [1.165, 1.54) is 0 Å². The zero-order valence-electron chi connectivity index (χ0n) is 19.2. The van der Waals surface area contributed by atoms with Crippen molar-refractivity contribution in [2.45, 2.75) is 61.3 Å². The summed E-state index contributed by atoms with van der Waals surface area (Å²) in [5.41, 5.74) is 0.352. The summed E-state index contributed by atoms with van der Waals surface area (Å²) in [4.78, 5) is 17.2. The Morgan fingerprint density at radius 1 is 1.30 bits per heavy atom. The molecule has 1 saturated heterocycles. The highest BCUT2D eigenvalue weighted by molar-refractivity contribution is 5.92. The second kappa shape index (κ2) is 6.64. The Hall–Kier alpha value is -2.77. The normalized spacial score (nSPS) is 36.5. The van der Waals surface area contributed by atoms with Crippen molar-refractivity contribution >= 4 is 12.0 Å². The Bertz CT molecular complexity index is 1160. The molecule has 2 fully saturated rings. The highest BCUT2D eigenvalue weighted by Gasteiger charge is 2.77. The molecule has 1 aromatic carbocycles. The van der Waals surface area contributed by atoms with E-state index < -0.39 is 16.6 Å². The van der Waals surface area contributed by atoms with Gasteiger partial charge in [-0.05, 0) is 70.0 Å². The van der Waals surface area contributed by atoms with Gasteiger partial charge in [-0.3, -0.25) is 4.79 Å². The van der Waals surface area contributed by atoms with Gasteiger partial charge in [0.1, 0.15) is 5.60 Å². The van der Waals surface area contributed by atoms with Crippen molar-refractivity contribution in [2.24, 2.45) is 0 Å². The first kappa shape index (κ1) is 20.8. The average Bonchev–Trinajstić information content (AvgIpc) is 3.39. The average molecular weight is 451 g/mol. The van der Waals surface area contributed by atoms with Crippen molar-refractivity contribution < 1.29 is 24.2 Å². The lowest BCUT2D eigenvalue weighted by molar-refractivity contribution is -0.226. The lowest BCUT2D eigenvalue weighted by Gasteiger charge is -2.67. The number of likely N-dealkylation sites (N-methyl/N-ethyl adjacent to an activating group) is 2. The number of aromatic hydroxyl groups is 1. The van der Waals surface area contributed by atoms with E-state index in [0.29, 0.717) is 25.0 Å². The molecule has 7 nitrogen and oxygen atoms in total. The number of aliphatic hydroxyl groups is 1. The Labute approximate surface area is 193 Å². The minimum atomic E-state index is -0.992. The predicted octanol–water partition coefficient (Wildman–Crippen LogP) is 2.70. The summed E-state index contributed by atoms with van der Waals surface area (Å²) in [6, 6.07) is 5.18. The zero-order valence-corrected chi connectivity index (χ0v) is 19.2. The number of benzene rings is 1. The van der Waals surface area contributed by atoms with E-state index in [0.717, 1.165) is 29.7 Å². The van der Waals surface area contributed by atoms with Gasteiger partial charge < -0.3 is 29.2 Å². The van der Waals surface area contributed by atoms with Crippen molar-refractivity contribution in [2.75, 3.05) is 20.6 Å². The van der Waals surface area contributed by atoms with Crippen molar-refractivity contribution in [1.29, 1.82) is 0 Å². The number of phenolic OH excluding ortho intramolecular Hbond substituents is 1. The third kappa shape index (κ3) is 2.39. The smallest absolute Gasteiger partial charge is 0.246 e. The Kier molecular flexibility index (Phi) is 4.19. The molecular weight excluding hydrogens is 420 g/mol. The second-order valence-corrected chi connectivity index (χ2v) is 10.3. The number of carbonyl (C=O) groups is 1. The molecule has 1 aromatic heterocycles. The molecule has 2 aromatic rings. The van der Waals surface area contributed by atoms with Gasteiger partial charge in [0.25, 0.3) is 0 Å². The van der Waals surface area contributed by atoms with Crippen LogP contribution in [0, 0.1) is 0 Å². The number of likely N-dealkylation sites (tertiary alicyclic amines) is 1. The molecule has 174 valence electrons. The van der Waals surface area contributed by atoms with Gasteiger partial charge in [0.2, 0.25) is 5.91 Å². The van der Waals surface area contributed by atoms with E-state index in [9.17, 15) is 15.0 Å². The number of nitrogens with zero attached hydrogens (tertiary/aromatic N) is 2. The standard InChI is InChI=1S/C26H30N2O5/c1-24-19(28(3)21(30)7-4-16-9-13-32-15-16)8-10-26(31)20-14-17-5-6-18(29)23(33-24)22(17)25(24,26)11-12-27(20)2/h4-7,9,13,15,19-20,29,31H,8,10-12,14H2,1-3H3/b7-4+/t19-,20-,24+,25+,26-/m1/s1. The molecule has 0 unspecified atom stereocenters. The number of furan rings is 1. The van der Waals surface area contributed by atoms with Gasteiger partial charge in [-0.1, -0.05) is 6.07 Å². The molecule has 1 spiro atoms. The molecule has 1 amide bonds. The van der Waals surface area contributed by atoms with Gasteiger partial charge in [-0.2, -0.15) is 0 Å². The Balaban J connectivity index is 1.46. The molecule has 4 aliphatic rings. The first-order valence-corrected chi connectivity index (χ1v) is 11.7. The third-order valence-corrected chi connectivity index (χ3v) is 9.10. The van der Waals surface area contributed by atoms with E-state index >= 15 is 0 Å². The lowest BCUT2D eigenvalue weighted by atomic mass is 9.44. The molecule has 7 heteroatoms.